The largest absolute Gasteiger partial charge is 0.457 e. The summed E-state index contributed by atoms with van der Waals surface area (Å²) in [5.41, 5.74) is 4.00. The van der Waals surface area contributed by atoms with Gasteiger partial charge in [0.1, 0.15) is 12.1 Å². The van der Waals surface area contributed by atoms with Crippen molar-refractivity contribution >= 4 is 18.3 Å². The number of amides is 2. The lowest BCUT2D eigenvalue weighted by molar-refractivity contribution is -0.148. The van der Waals surface area contributed by atoms with Gasteiger partial charge in [0.25, 0.3) is 0 Å². The molecule has 0 radical (unpaired) electrons. The zero-order chi connectivity index (χ0) is 35.7. The van der Waals surface area contributed by atoms with Crippen molar-refractivity contribution in [1.82, 2.24) is 10.6 Å². The summed E-state index contributed by atoms with van der Waals surface area (Å²) in [7, 11) is 3.43. The number of ether oxygens (including phenoxy) is 3. The van der Waals surface area contributed by atoms with Crippen molar-refractivity contribution in [3.05, 3.63) is 95.2 Å². The second-order valence-corrected chi connectivity index (χ2v) is 12.1. The Hall–Kier alpha value is -3.79. The number of hydrogen-bond donors (Lipinski definition) is 3. The van der Waals surface area contributed by atoms with Gasteiger partial charge in [-0.1, -0.05) is 96.6 Å². The van der Waals surface area contributed by atoms with Gasteiger partial charge in [-0.25, -0.2) is 0 Å². The number of carbonyl (C=O) groups excluding carboxylic acids is 3. The predicted molar refractivity (Wildman–Crippen MR) is 193 cm³/mol. The Kier molecular flexibility index (Phi) is 22.2. The summed E-state index contributed by atoms with van der Waals surface area (Å²) in [4.78, 5) is 35.8. The highest BCUT2D eigenvalue weighted by atomic mass is 16.5. The van der Waals surface area contributed by atoms with Crippen LogP contribution in [0.1, 0.15) is 73.1 Å². The Morgan fingerprint density at radius 2 is 1.75 bits per heavy atom. The smallest absolute Gasteiger partial charge is 0.306 e. The molecule has 0 spiro atoms. The molecule has 1 aliphatic rings. The van der Waals surface area contributed by atoms with Crippen molar-refractivity contribution in [2.24, 2.45) is 5.92 Å². The maximum atomic E-state index is 13.0. The summed E-state index contributed by atoms with van der Waals surface area (Å²) in [5, 5.41) is 14.3. The first-order valence-electron chi connectivity index (χ1n) is 16.7. The van der Waals surface area contributed by atoms with E-state index in [0.29, 0.717) is 19.3 Å². The number of aliphatic hydroxyl groups excluding tert-OH is 1. The summed E-state index contributed by atoms with van der Waals surface area (Å²) in [5.74, 6) is -0.864. The molecule has 9 nitrogen and oxygen atoms in total. The molecule has 48 heavy (non-hydrogen) atoms. The molecule has 0 aromatic carbocycles. The first-order valence-corrected chi connectivity index (χ1v) is 16.7. The van der Waals surface area contributed by atoms with E-state index in [0.717, 1.165) is 42.4 Å². The average Bonchev–Trinajstić information content (AvgIpc) is 3.07. The molecule has 1 aliphatic heterocycles. The predicted octanol–water partition coefficient (Wildman–Crippen LogP) is 6.15. The van der Waals surface area contributed by atoms with Gasteiger partial charge in [-0.2, -0.15) is 0 Å². The Morgan fingerprint density at radius 3 is 2.44 bits per heavy atom. The number of hydrogen-bond acceptors (Lipinski definition) is 7. The molecular formula is C39H58N2O7. The lowest BCUT2D eigenvalue weighted by Gasteiger charge is -2.23. The van der Waals surface area contributed by atoms with Crippen molar-refractivity contribution in [3.8, 4) is 0 Å². The number of methoxy groups -OCH3 is 2. The Labute approximate surface area is 288 Å². The van der Waals surface area contributed by atoms with Gasteiger partial charge < -0.3 is 30.0 Å². The van der Waals surface area contributed by atoms with Gasteiger partial charge in [-0.15, -0.1) is 0 Å². The monoisotopic (exact) mass is 666 g/mol. The van der Waals surface area contributed by atoms with Crippen LogP contribution in [-0.2, 0) is 28.6 Å². The molecule has 1 heterocycles. The fourth-order valence-corrected chi connectivity index (χ4v) is 4.85. The summed E-state index contributed by atoms with van der Waals surface area (Å²) >= 11 is 0. The highest BCUT2D eigenvalue weighted by Gasteiger charge is 2.21. The number of rotatable bonds is 10. The van der Waals surface area contributed by atoms with Crippen molar-refractivity contribution in [2.45, 2.75) is 97.5 Å². The van der Waals surface area contributed by atoms with Crippen LogP contribution in [0.4, 0.5) is 0 Å². The Balaban J connectivity index is 3.19. The van der Waals surface area contributed by atoms with Crippen LogP contribution in [0.2, 0.25) is 0 Å². The van der Waals surface area contributed by atoms with E-state index in [1.807, 2.05) is 64.2 Å². The normalized spacial score (nSPS) is 23.7. The van der Waals surface area contributed by atoms with Gasteiger partial charge in [-0.05, 0) is 65.4 Å². The molecule has 2 amide bonds. The van der Waals surface area contributed by atoms with E-state index >= 15 is 0 Å². The van der Waals surface area contributed by atoms with Crippen LogP contribution in [0.3, 0.4) is 0 Å². The van der Waals surface area contributed by atoms with Crippen LogP contribution >= 0.6 is 0 Å². The molecule has 0 saturated carbocycles. The molecule has 0 aromatic heterocycles. The van der Waals surface area contributed by atoms with E-state index in [-0.39, 0.29) is 30.6 Å². The van der Waals surface area contributed by atoms with Gasteiger partial charge in [-0.3, -0.25) is 14.4 Å². The first kappa shape index (κ1) is 42.2. The summed E-state index contributed by atoms with van der Waals surface area (Å²) in [6.45, 7) is 9.66. The molecular weight excluding hydrogens is 608 g/mol. The average molecular weight is 667 g/mol. The Morgan fingerprint density at radius 1 is 1.04 bits per heavy atom. The zero-order valence-corrected chi connectivity index (χ0v) is 29.9. The minimum absolute atomic E-state index is 0.0211. The minimum atomic E-state index is -1.00. The lowest BCUT2D eigenvalue weighted by atomic mass is 9.96. The van der Waals surface area contributed by atoms with E-state index in [1.54, 1.807) is 14.2 Å². The molecule has 0 fully saturated rings. The van der Waals surface area contributed by atoms with E-state index in [9.17, 15) is 19.5 Å². The maximum absolute atomic E-state index is 13.0. The van der Waals surface area contributed by atoms with E-state index in [4.69, 9.17) is 14.2 Å². The molecule has 0 bridgehead atoms. The number of allylic oxidation sites excluding steroid dienone is 10. The molecule has 0 saturated heterocycles. The maximum Gasteiger partial charge on any atom is 0.306 e. The highest BCUT2D eigenvalue weighted by molar-refractivity contribution is 5.83. The standard InChI is InChI=1S/C39H58N2O7/c1-29-16-13-20-34(46-6)19-12-11-18-32(4)38(33(5)24-23-31(3)26-40-39(45)36(27-42)41-28-43)48-37(44)22-10-8-9-15-30(2)25-35(47-7)21-14-17-29/h9,11-12,14-19,23-25,28,32,34-36,38,42H,8,10,13,20-22,26-27H2,1-7H3,(H,40,45)(H,41,43)/t32-,34+,35-,36-,38-/m0/s1. The third-order valence-electron chi connectivity index (χ3n) is 7.83. The molecule has 0 unspecified atom stereocenters. The van der Waals surface area contributed by atoms with Crippen molar-refractivity contribution in [1.29, 1.82) is 0 Å². The zero-order valence-electron chi connectivity index (χ0n) is 29.9. The summed E-state index contributed by atoms with van der Waals surface area (Å²) in [6.07, 6.45) is 28.5. The topological polar surface area (TPSA) is 123 Å². The van der Waals surface area contributed by atoms with Crippen LogP contribution in [0, 0.1) is 5.92 Å². The van der Waals surface area contributed by atoms with Crippen LogP contribution in [0.5, 0.6) is 0 Å². The molecule has 1 rings (SSSR count). The number of aliphatic hydroxyl groups is 1. The van der Waals surface area contributed by atoms with Gasteiger partial charge in [0.2, 0.25) is 12.3 Å². The first-order chi connectivity index (χ1) is 23.0. The van der Waals surface area contributed by atoms with Crippen molar-refractivity contribution < 1.29 is 33.7 Å². The SMILES string of the molecule is CO[C@@H]1C=C(C)C=CCCCC(=O)O[C@H](C(C)=CC=C(C)CNC(=O)[C@H](CO)NC=O)[C@@H](C)C=CC=C[C@@H](OC)CCC=C(C)C=CC1. The van der Waals surface area contributed by atoms with Crippen LogP contribution in [-0.4, -0.2) is 75.1 Å². The molecule has 3 N–H and O–H groups in total. The summed E-state index contributed by atoms with van der Waals surface area (Å²) < 4.78 is 17.3. The second-order valence-electron chi connectivity index (χ2n) is 12.1. The fourth-order valence-electron chi connectivity index (χ4n) is 4.85. The van der Waals surface area contributed by atoms with Crippen LogP contribution in [0.15, 0.2) is 95.2 Å². The van der Waals surface area contributed by atoms with E-state index in [2.05, 4.69) is 54.0 Å². The van der Waals surface area contributed by atoms with Crippen LogP contribution < -0.4 is 10.6 Å². The third kappa shape index (κ3) is 18.5. The van der Waals surface area contributed by atoms with Gasteiger partial charge in [0.15, 0.2) is 0 Å². The molecule has 9 heteroatoms. The third-order valence-corrected chi connectivity index (χ3v) is 7.83. The van der Waals surface area contributed by atoms with Gasteiger partial charge >= 0.3 is 5.97 Å². The lowest BCUT2D eigenvalue weighted by Crippen LogP contribution is -2.46. The fraction of sp³-hybridized carbons (Fsp3) is 0.513. The molecule has 5 atom stereocenters. The quantitative estimate of drug-likeness (QED) is 0.145. The number of carbonyl (C=O) groups is 3. The number of cyclic esters (lactones) is 1. The van der Waals surface area contributed by atoms with E-state index in [1.165, 1.54) is 5.57 Å². The van der Waals surface area contributed by atoms with Crippen molar-refractivity contribution in [2.75, 3.05) is 27.4 Å². The van der Waals surface area contributed by atoms with Gasteiger partial charge in [0, 0.05) is 33.1 Å². The minimum Gasteiger partial charge on any atom is -0.457 e. The summed E-state index contributed by atoms with van der Waals surface area (Å²) in [6, 6.07) is -1.00. The molecule has 0 aromatic rings. The second kappa shape index (κ2) is 25.3. The van der Waals surface area contributed by atoms with E-state index < -0.39 is 24.7 Å². The Bertz CT molecular complexity index is 1240. The van der Waals surface area contributed by atoms with Crippen molar-refractivity contribution in [3.63, 3.8) is 0 Å². The highest BCUT2D eigenvalue weighted by Crippen LogP contribution is 2.20. The molecule has 266 valence electrons. The van der Waals surface area contributed by atoms with Crippen LogP contribution in [0.25, 0.3) is 0 Å². The molecule has 0 aliphatic carbocycles. The number of esters is 1. The van der Waals surface area contributed by atoms with Gasteiger partial charge in [0.05, 0.1) is 18.8 Å². The number of nitrogens with one attached hydrogen (secondary N) is 2.